The van der Waals surface area contributed by atoms with Crippen LogP contribution in [0, 0.1) is 6.92 Å². The van der Waals surface area contributed by atoms with Crippen molar-refractivity contribution in [3.05, 3.63) is 47.3 Å². The van der Waals surface area contributed by atoms with Gasteiger partial charge in [0, 0.05) is 19.6 Å². The lowest BCUT2D eigenvalue weighted by molar-refractivity contribution is -0.121. The molecule has 6 nitrogen and oxygen atoms in total. The number of hydrogen-bond donors (Lipinski definition) is 1. The molecule has 1 N–H and O–H groups in total. The largest absolute Gasteiger partial charge is 0.334 e. The highest BCUT2D eigenvalue weighted by Gasteiger charge is 2.27. The predicted molar refractivity (Wildman–Crippen MR) is 78.7 cm³/mol. The van der Waals surface area contributed by atoms with Crippen molar-refractivity contribution in [2.24, 2.45) is 0 Å². The summed E-state index contributed by atoms with van der Waals surface area (Å²) in [6, 6.07) is 10.1. The zero-order valence-electron chi connectivity index (χ0n) is 12.1. The molecule has 1 unspecified atom stereocenters. The Morgan fingerprint density at radius 2 is 2.19 bits per heavy atom. The van der Waals surface area contributed by atoms with Gasteiger partial charge in [-0.05, 0) is 12.5 Å². The van der Waals surface area contributed by atoms with E-state index in [1.54, 1.807) is 4.90 Å². The Morgan fingerprint density at radius 1 is 1.38 bits per heavy atom. The van der Waals surface area contributed by atoms with Gasteiger partial charge in [0.2, 0.25) is 6.41 Å². The van der Waals surface area contributed by atoms with Gasteiger partial charge in [0.1, 0.15) is 5.69 Å². The fourth-order valence-corrected chi connectivity index (χ4v) is 2.69. The molecule has 21 heavy (non-hydrogen) atoms. The van der Waals surface area contributed by atoms with Crippen molar-refractivity contribution in [1.29, 1.82) is 0 Å². The van der Waals surface area contributed by atoms with Crippen molar-refractivity contribution in [2.45, 2.75) is 19.5 Å². The van der Waals surface area contributed by atoms with Crippen LogP contribution >= 0.6 is 0 Å². The van der Waals surface area contributed by atoms with Gasteiger partial charge in [-0.3, -0.25) is 4.79 Å². The molecule has 1 aromatic carbocycles. The van der Waals surface area contributed by atoms with Crippen LogP contribution in [0.3, 0.4) is 0 Å². The van der Waals surface area contributed by atoms with Crippen LogP contribution in [-0.4, -0.2) is 45.9 Å². The number of benzene rings is 1. The lowest BCUT2D eigenvalue weighted by Crippen LogP contribution is -2.45. The third kappa shape index (κ3) is 2.80. The molecule has 1 aromatic heterocycles. The fraction of sp³-hybridized carbons (Fsp3) is 0.400. The Balaban J connectivity index is 1.83. The third-order valence-corrected chi connectivity index (χ3v) is 3.93. The number of rotatable bonds is 4. The average Bonchev–Trinajstić information content (AvgIpc) is 2.89. The van der Waals surface area contributed by atoms with Gasteiger partial charge in [-0.25, -0.2) is 4.68 Å². The first kappa shape index (κ1) is 13.8. The quantitative estimate of drug-likeness (QED) is 0.842. The van der Waals surface area contributed by atoms with Crippen molar-refractivity contribution in [3.63, 3.8) is 0 Å². The highest BCUT2D eigenvalue weighted by Crippen LogP contribution is 2.22. The predicted octanol–water partition coefficient (Wildman–Crippen LogP) is 0.738. The normalized spacial score (nSPS) is 18.7. The zero-order chi connectivity index (χ0) is 14.7. The monoisotopic (exact) mass is 285 g/mol. The summed E-state index contributed by atoms with van der Waals surface area (Å²) in [5.41, 5.74) is 3.08. The summed E-state index contributed by atoms with van der Waals surface area (Å²) in [6.45, 7) is 4.96. The van der Waals surface area contributed by atoms with Gasteiger partial charge in [0.05, 0.1) is 18.3 Å². The van der Waals surface area contributed by atoms with Gasteiger partial charge >= 0.3 is 0 Å². The van der Waals surface area contributed by atoms with Crippen LogP contribution < -0.4 is 5.32 Å². The van der Waals surface area contributed by atoms with E-state index in [4.69, 9.17) is 0 Å². The Morgan fingerprint density at radius 3 is 2.95 bits per heavy atom. The molecule has 110 valence electrons. The summed E-state index contributed by atoms with van der Waals surface area (Å²) in [4.78, 5) is 13.0. The van der Waals surface area contributed by atoms with Crippen LogP contribution in [0.2, 0.25) is 0 Å². The molecule has 2 aromatic rings. The van der Waals surface area contributed by atoms with E-state index < -0.39 is 0 Å². The standard InChI is InChI=1S/C15H19N5O/c1-12-15(14-9-16-7-8-19(14)11-21)17-18-20(12)10-13-5-3-2-4-6-13/h2-6,11,14,16H,7-10H2,1H3. The molecule has 1 amide bonds. The SMILES string of the molecule is Cc1c(C2CNCCN2C=O)nnn1Cc1ccccc1. The number of hydrogen-bond acceptors (Lipinski definition) is 4. The second-order valence-corrected chi connectivity index (χ2v) is 5.27. The Labute approximate surface area is 123 Å². The summed E-state index contributed by atoms with van der Waals surface area (Å²) in [7, 11) is 0. The summed E-state index contributed by atoms with van der Waals surface area (Å²) in [5, 5.41) is 11.9. The number of carbonyl (C=O) groups is 1. The van der Waals surface area contributed by atoms with Crippen LogP contribution in [0.25, 0.3) is 0 Å². The highest BCUT2D eigenvalue weighted by molar-refractivity contribution is 5.49. The van der Waals surface area contributed by atoms with E-state index in [-0.39, 0.29) is 6.04 Å². The summed E-state index contributed by atoms with van der Waals surface area (Å²) >= 11 is 0. The molecule has 1 atom stereocenters. The maximum Gasteiger partial charge on any atom is 0.210 e. The fourth-order valence-electron chi connectivity index (χ4n) is 2.69. The molecule has 0 spiro atoms. The lowest BCUT2D eigenvalue weighted by Gasteiger charge is -2.32. The van der Waals surface area contributed by atoms with Crippen LogP contribution in [0.1, 0.15) is 23.0 Å². The van der Waals surface area contributed by atoms with E-state index in [0.29, 0.717) is 13.1 Å². The van der Waals surface area contributed by atoms with Crippen LogP contribution in [0.5, 0.6) is 0 Å². The molecule has 0 saturated carbocycles. The first-order valence-electron chi connectivity index (χ1n) is 7.15. The minimum absolute atomic E-state index is 0.0271. The summed E-state index contributed by atoms with van der Waals surface area (Å²) in [5.74, 6) is 0. The molecule has 1 saturated heterocycles. The molecule has 1 aliphatic heterocycles. The first-order valence-corrected chi connectivity index (χ1v) is 7.15. The smallest absolute Gasteiger partial charge is 0.210 e. The number of amides is 1. The molecular formula is C15H19N5O. The van der Waals surface area contributed by atoms with E-state index in [1.165, 1.54) is 5.56 Å². The maximum absolute atomic E-state index is 11.2. The first-order chi connectivity index (χ1) is 10.3. The van der Waals surface area contributed by atoms with E-state index in [0.717, 1.165) is 30.9 Å². The number of piperazine rings is 1. The molecule has 1 fully saturated rings. The van der Waals surface area contributed by atoms with Crippen molar-refractivity contribution in [1.82, 2.24) is 25.2 Å². The second kappa shape index (κ2) is 6.05. The number of nitrogens with zero attached hydrogens (tertiary/aromatic N) is 4. The Hall–Kier alpha value is -2.21. The lowest BCUT2D eigenvalue weighted by atomic mass is 10.1. The van der Waals surface area contributed by atoms with Gasteiger partial charge in [0.25, 0.3) is 0 Å². The second-order valence-electron chi connectivity index (χ2n) is 5.27. The van der Waals surface area contributed by atoms with Crippen molar-refractivity contribution in [3.8, 4) is 0 Å². The van der Waals surface area contributed by atoms with Crippen molar-refractivity contribution < 1.29 is 4.79 Å². The molecule has 0 aliphatic carbocycles. The van der Waals surface area contributed by atoms with Gasteiger partial charge in [-0.2, -0.15) is 0 Å². The molecule has 0 radical (unpaired) electrons. The summed E-state index contributed by atoms with van der Waals surface area (Å²) < 4.78 is 1.89. The molecule has 1 aliphatic rings. The minimum atomic E-state index is -0.0271. The molecule has 2 heterocycles. The van der Waals surface area contributed by atoms with E-state index in [2.05, 4.69) is 27.8 Å². The van der Waals surface area contributed by atoms with E-state index >= 15 is 0 Å². The van der Waals surface area contributed by atoms with Crippen LogP contribution in [0.15, 0.2) is 30.3 Å². The molecule has 3 rings (SSSR count). The zero-order valence-corrected chi connectivity index (χ0v) is 12.1. The number of carbonyl (C=O) groups excluding carboxylic acids is 1. The van der Waals surface area contributed by atoms with E-state index in [9.17, 15) is 4.79 Å². The highest BCUT2D eigenvalue weighted by atomic mass is 16.1. The van der Waals surface area contributed by atoms with Gasteiger partial charge in [-0.15, -0.1) is 5.10 Å². The van der Waals surface area contributed by atoms with Gasteiger partial charge in [0.15, 0.2) is 0 Å². The minimum Gasteiger partial charge on any atom is -0.334 e. The van der Waals surface area contributed by atoms with Gasteiger partial charge < -0.3 is 10.2 Å². The molecule has 6 heteroatoms. The van der Waals surface area contributed by atoms with Crippen LogP contribution in [0.4, 0.5) is 0 Å². The average molecular weight is 285 g/mol. The number of nitrogens with one attached hydrogen (secondary N) is 1. The maximum atomic E-state index is 11.2. The topological polar surface area (TPSA) is 63.1 Å². The summed E-state index contributed by atoms with van der Waals surface area (Å²) in [6.07, 6.45) is 0.904. The number of aromatic nitrogens is 3. The van der Waals surface area contributed by atoms with E-state index in [1.807, 2.05) is 29.8 Å². The van der Waals surface area contributed by atoms with Crippen molar-refractivity contribution >= 4 is 6.41 Å². The third-order valence-electron chi connectivity index (χ3n) is 3.93. The molecule has 0 bridgehead atoms. The van der Waals surface area contributed by atoms with Crippen molar-refractivity contribution in [2.75, 3.05) is 19.6 Å². The van der Waals surface area contributed by atoms with Gasteiger partial charge in [-0.1, -0.05) is 35.5 Å². The van der Waals surface area contributed by atoms with Crippen LogP contribution in [-0.2, 0) is 11.3 Å². The Bertz CT molecular complexity index is 610. The Kier molecular flexibility index (Phi) is 3.96. The molecular weight excluding hydrogens is 266 g/mol.